The Balaban J connectivity index is 1.66. The molecule has 0 spiro atoms. The fourth-order valence-corrected chi connectivity index (χ4v) is 4.76. The van der Waals surface area contributed by atoms with Gasteiger partial charge in [0.2, 0.25) is 5.91 Å². The van der Waals surface area contributed by atoms with Crippen molar-refractivity contribution < 1.29 is 14.0 Å². The Morgan fingerprint density at radius 3 is 2.32 bits per heavy atom. The summed E-state index contributed by atoms with van der Waals surface area (Å²) >= 11 is 6.23. The number of nitrogens with one attached hydrogen (secondary N) is 1. The van der Waals surface area contributed by atoms with Gasteiger partial charge in [-0.3, -0.25) is 9.59 Å². The maximum atomic E-state index is 14.0. The number of amides is 2. The van der Waals surface area contributed by atoms with E-state index in [-0.39, 0.29) is 17.7 Å². The molecule has 0 aliphatic rings. The number of carbonyl (C=O) groups excluding carboxylic acids is 2. The molecule has 0 aliphatic heterocycles. The van der Waals surface area contributed by atoms with Gasteiger partial charge in [0.15, 0.2) is 0 Å². The van der Waals surface area contributed by atoms with Crippen molar-refractivity contribution in [2.24, 2.45) is 0 Å². The molecule has 0 saturated carbocycles. The van der Waals surface area contributed by atoms with E-state index in [2.05, 4.69) is 5.32 Å². The van der Waals surface area contributed by atoms with E-state index in [1.54, 1.807) is 30.5 Å². The molecule has 0 aliphatic carbocycles. The zero-order valence-electron chi connectivity index (χ0n) is 21.9. The first-order chi connectivity index (χ1) is 18.4. The van der Waals surface area contributed by atoms with Crippen LogP contribution in [-0.2, 0) is 17.9 Å². The van der Waals surface area contributed by atoms with Gasteiger partial charge in [0, 0.05) is 32.0 Å². The van der Waals surface area contributed by atoms with E-state index in [1.807, 2.05) is 91.5 Å². The topological polar surface area (TPSA) is 65.8 Å². The average Bonchev–Trinajstić information content (AvgIpc) is 3.43. The summed E-state index contributed by atoms with van der Waals surface area (Å²) in [5.74, 6) is 0.149. The number of halogens is 1. The maximum Gasteiger partial charge on any atom is 0.257 e. The van der Waals surface area contributed by atoms with Gasteiger partial charge < -0.3 is 19.5 Å². The molecule has 2 amide bonds. The monoisotopic (exact) mass is 529 g/mol. The molecule has 196 valence electrons. The third kappa shape index (κ3) is 6.45. The molecule has 7 heteroatoms. The number of anilines is 2. The molecule has 1 heterocycles. The minimum Gasteiger partial charge on any atom is -0.467 e. The lowest BCUT2D eigenvalue weighted by atomic mass is 9.94. The molecular formula is C31H32ClN3O3. The number of nitrogens with zero attached hydrogens (tertiary/aromatic N) is 2. The molecule has 0 fully saturated rings. The molecule has 1 aromatic heterocycles. The van der Waals surface area contributed by atoms with Crippen LogP contribution in [0.3, 0.4) is 0 Å². The number of furan rings is 1. The zero-order chi connectivity index (χ0) is 27.1. The number of carbonyl (C=O) groups is 2. The summed E-state index contributed by atoms with van der Waals surface area (Å²) in [5, 5.41) is 3.34. The van der Waals surface area contributed by atoms with Crippen LogP contribution in [0.15, 0.2) is 95.6 Å². The summed E-state index contributed by atoms with van der Waals surface area (Å²) in [4.78, 5) is 30.7. The summed E-state index contributed by atoms with van der Waals surface area (Å²) in [6, 6.07) is 26.2. The van der Waals surface area contributed by atoms with Crippen molar-refractivity contribution in [3.8, 4) is 0 Å². The van der Waals surface area contributed by atoms with E-state index in [1.165, 1.54) is 0 Å². The van der Waals surface area contributed by atoms with Crippen molar-refractivity contribution in [3.63, 3.8) is 0 Å². The molecule has 38 heavy (non-hydrogen) atoms. The highest BCUT2D eigenvalue weighted by Gasteiger charge is 2.26. The predicted molar refractivity (Wildman–Crippen MR) is 153 cm³/mol. The standard InChI is InChI=1S/C31H32ClN3O3/c1-4-26(22-11-6-5-7-12-22)31(37)35(21-25-13-10-18-38-25)20-23-19-24(16-17-29(23)34(2)3)33-30(36)27-14-8-9-15-28(27)32/h5-19,26H,4,20-21H2,1-3H3,(H,33,36). The summed E-state index contributed by atoms with van der Waals surface area (Å²) in [5.41, 5.74) is 3.85. The van der Waals surface area contributed by atoms with E-state index in [9.17, 15) is 9.59 Å². The summed E-state index contributed by atoms with van der Waals surface area (Å²) in [6.07, 6.45) is 2.29. The van der Waals surface area contributed by atoms with Crippen molar-refractivity contribution in [2.75, 3.05) is 24.3 Å². The maximum absolute atomic E-state index is 14.0. The minimum absolute atomic E-state index is 0.0188. The summed E-state index contributed by atoms with van der Waals surface area (Å²) in [7, 11) is 3.91. The van der Waals surface area contributed by atoms with E-state index < -0.39 is 0 Å². The van der Waals surface area contributed by atoms with Crippen molar-refractivity contribution >= 4 is 34.8 Å². The van der Waals surface area contributed by atoms with Crippen molar-refractivity contribution in [3.05, 3.63) is 119 Å². The van der Waals surface area contributed by atoms with Crippen LogP contribution in [0.2, 0.25) is 5.02 Å². The van der Waals surface area contributed by atoms with Gasteiger partial charge in [0.25, 0.3) is 5.91 Å². The first-order valence-corrected chi connectivity index (χ1v) is 13.0. The van der Waals surface area contributed by atoms with Gasteiger partial charge in [-0.05, 0) is 60.0 Å². The van der Waals surface area contributed by atoms with Crippen LogP contribution >= 0.6 is 11.6 Å². The highest BCUT2D eigenvalue weighted by Crippen LogP contribution is 2.29. The molecule has 1 atom stereocenters. The zero-order valence-corrected chi connectivity index (χ0v) is 22.6. The van der Waals surface area contributed by atoms with Gasteiger partial charge in [0.05, 0.1) is 29.3 Å². The quantitative estimate of drug-likeness (QED) is 0.241. The molecule has 4 rings (SSSR count). The van der Waals surface area contributed by atoms with Gasteiger partial charge in [-0.1, -0.05) is 61.0 Å². The number of hydrogen-bond acceptors (Lipinski definition) is 4. The first kappa shape index (κ1) is 27.0. The Kier molecular flexibility index (Phi) is 8.87. The van der Waals surface area contributed by atoms with Crippen LogP contribution in [-0.4, -0.2) is 30.8 Å². The minimum atomic E-state index is -0.294. The normalized spacial score (nSPS) is 11.6. The summed E-state index contributed by atoms with van der Waals surface area (Å²) in [6.45, 7) is 2.70. The second kappa shape index (κ2) is 12.5. The molecule has 1 N–H and O–H groups in total. The van der Waals surface area contributed by atoms with E-state index >= 15 is 0 Å². The van der Waals surface area contributed by atoms with Crippen LogP contribution in [0.4, 0.5) is 11.4 Å². The molecule has 0 saturated heterocycles. The SMILES string of the molecule is CCC(C(=O)N(Cc1ccco1)Cc1cc(NC(=O)c2ccccc2Cl)ccc1N(C)C)c1ccccc1. The average molecular weight is 530 g/mol. The van der Waals surface area contributed by atoms with Gasteiger partial charge in [-0.15, -0.1) is 0 Å². The lowest BCUT2D eigenvalue weighted by molar-refractivity contribution is -0.134. The van der Waals surface area contributed by atoms with Gasteiger partial charge >= 0.3 is 0 Å². The smallest absolute Gasteiger partial charge is 0.257 e. The Hall–Kier alpha value is -4.03. The molecule has 1 unspecified atom stereocenters. The van der Waals surface area contributed by atoms with Crippen LogP contribution in [0.1, 0.15) is 46.5 Å². The second-order valence-corrected chi connectivity index (χ2v) is 9.72. The number of rotatable bonds is 10. The highest BCUT2D eigenvalue weighted by molar-refractivity contribution is 6.34. The molecule has 0 radical (unpaired) electrons. The van der Waals surface area contributed by atoms with Gasteiger partial charge in [0.1, 0.15) is 5.76 Å². The van der Waals surface area contributed by atoms with Crippen LogP contribution in [0.25, 0.3) is 0 Å². The van der Waals surface area contributed by atoms with E-state index in [0.29, 0.717) is 41.5 Å². The molecule has 3 aromatic carbocycles. The second-order valence-electron chi connectivity index (χ2n) is 9.32. The van der Waals surface area contributed by atoms with Crippen LogP contribution in [0.5, 0.6) is 0 Å². The molecular weight excluding hydrogens is 498 g/mol. The Morgan fingerprint density at radius 2 is 1.66 bits per heavy atom. The third-order valence-corrected chi connectivity index (χ3v) is 6.78. The summed E-state index contributed by atoms with van der Waals surface area (Å²) < 4.78 is 5.61. The van der Waals surface area contributed by atoms with Crippen LogP contribution in [0, 0.1) is 0 Å². The highest BCUT2D eigenvalue weighted by atomic mass is 35.5. The largest absolute Gasteiger partial charge is 0.467 e. The molecule has 0 bridgehead atoms. The number of hydrogen-bond donors (Lipinski definition) is 1. The Bertz CT molecular complexity index is 1370. The Morgan fingerprint density at radius 1 is 0.921 bits per heavy atom. The van der Waals surface area contributed by atoms with E-state index in [0.717, 1.165) is 16.8 Å². The Labute approximate surface area is 228 Å². The first-order valence-electron chi connectivity index (χ1n) is 12.6. The molecule has 6 nitrogen and oxygen atoms in total. The van der Waals surface area contributed by atoms with Gasteiger partial charge in [-0.2, -0.15) is 0 Å². The third-order valence-electron chi connectivity index (χ3n) is 6.45. The lowest BCUT2D eigenvalue weighted by Gasteiger charge is -2.29. The van der Waals surface area contributed by atoms with Crippen molar-refractivity contribution in [1.82, 2.24) is 4.90 Å². The van der Waals surface area contributed by atoms with E-state index in [4.69, 9.17) is 16.0 Å². The number of benzene rings is 3. The molecule has 4 aromatic rings. The predicted octanol–water partition coefficient (Wildman–Crippen LogP) is 6.97. The van der Waals surface area contributed by atoms with Crippen molar-refractivity contribution in [1.29, 1.82) is 0 Å². The fraction of sp³-hybridized carbons (Fsp3) is 0.226. The van der Waals surface area contributed by atoms with Crippen LogP contribution < -0.4 is 10.2 Å². The lowest BCUT2D eigenvalue weighted by Crippen LogP contribution is -2.34. The van der Waals surface area contributed by atoms with Crippen molar-refractivity contribution in [2.45, 2.75) is 32.4 Å². The fourth-order valence-electron chi connectivity index (χ4n) is 4.54. The van der Waals surface area contributed by atoms with Gasteiger partial charge in [-0.25, -0.2) is 0 Å².